The fourth-order valence-corrected chi connectivity index (χ4v) is 5.00. The number of anilines is 1. The Hall–Kier alpha value is -3.64. The fourth-order valence-electron chi connectivity index (χ4n) is 5.00. The number of nitrogens with zero attached hydrogens (tertiary/aromatic N) is 3. The molecule has 0 radical (unpaired) electrons. The number of hydrogen-bond acceptors (Lipinski definition) is 4. The standard InChI is InChI=1S/C29H31N3O3/c1-19-7-6-8-23(12-19)31-16-22(15-28(31)34)29-30-26-9-4-5-10-27(26)32(29)17-24(33)18-35-25-13-20(2)11-21(3)14-25/h4-14,22,24,33H,15-18H2,1-3H3/t22-,24-/m1/s1. The second-order valence-corrected chi connectivity index (χ2v) is 9.60. The van der Waals surface area contributed by atoms with Gasteiger partial charge in [-0.25, -0.2) is 4.98 Å². The average Bonchev–Trinajstić information content (AvgIpc) is 3.38. The van der Waals surface area contributed by atoms with Gasteiger partial charge in [-0.3, -0.25) is 4.79 Å². The summed E-state index contributed by atoms with van der Waals surface area (Å²) < 4.78 is 7.97. The van der Waals surface area contributed by atoms with Gasteiger partial charge < -0.3 is 19.3 Å². The number of para-hydroxylation sites is 2. The number of aryl methyl sites for hydroxylation is 3. The van der Waals surface area contributed by atoms with E-state index in [1.807, 2.05) is 86.3 Å². The van der Waals surface area contributed by atoms with Gasteiger partial charge in [-0.1, -0.05) is 30.3 Å². The molecule has 180 valence electrons. The van der Waals surface area contributed by atoms with Crippen LogP contribution in [0.4, 0.5) is 5.69 Å². The Morgan fingerprint density at radius 1 is 1.00 bits per heavy atom. The number of aromatic nitrogens is 2. The van der Waals surface area contributed by atoms with Crippen molar-refractivity contribution < 1.29 is 14.6 Å². The van der Waals surface area contributed by atoms with Gasteiger partial charge in [-0.15, -0.1) is 0 Å². The summed E-state index contributed by atoms with van der Waals surface area (Å²) in [6.45, 7) is 7.18. The highest BCUT2D eigenvalue weighted by molar-refractivity contribution is 5.96. The molecule has 0 unspecified atom stereocenters. The van der Waals surface area contributed by atoms with Gasteiger partial charge >= 0.3 is 0 Å². The molecule has 1 N–H and O–H groups in total. The van der Waals surface area contributed by atoms with Crippen LogP contribution in [-0.2, 0) is 11.3 Å². The van der Waals surface area contributed by atoms with E-state index in [0.29, 0.717) is 19.5 Å². The molecular formula is C29H31N3O3. The van der Waals surface area contributed by atoms with Crippen molar-refractivity contribution in [3.63, 3.8) is 0 Å². The third-order valence-electron chi connectivity index (χ3n) is 6.52. The Bertz CT molecular complexity index is 1360. The highest BCUT2D eigenvalue weighted by Gasteiger charge is 2.35. The van der Waals surface area contributed by atoms with E-state index in [0.717, 1.165) is 45.0 Å². The van der Waals surface area contributed by atoms with E-state index in [-0.39, 0.29) is 18.4 Å². The molecule has 6 nitrogen and oxygen atoms in total. The summed E-state index contributed by atoms with van der Waals surface area (Å²) in [6.07, 6.45) is -0.330. The van der Waals surface area contributed by atoms with Crippen molar-refractivity contribution in [3.8, 4) is 5.75 Å². The molecule has 0 spiro atoms. The molecule has 2 heterocycles. The molecule has 4 aromatic rings. The first-order valence-corrected chi connectivity index (χ1v) is 12.1. The Morgan fingerprint density at radius 2 is 1.77 bits per heavy atom. The number of carbonyl (C=O) groups is 1. The Kier molecular flexibility index (Phi) is 6.31. The minimum Gasteiger partial charge on any atom is -0.491 e. The van der Waals surface area contributed by atoms with E-state index >= 15 is 0 Å². The van der Waals surface area contributed by atoms with Gasteiger partial charge in [-0.05, 0) is 73.9 Å². The molecule has 35 heavy (non-hydrogen) atoms. The third kappa shape index (κ3) is 4.93. The number of amides is 1. The zero-order chi connectivity index (χ0) is 24.5. The maximum absolute atomic E-state index is 13.0. The summed E-state index contributed by atoms with van der Waals surface area (Å²) in [6, 6.07) is 22.0. The SMILES string of the molecule is Cc1cc(C)cc(OC[C@H](O)Cn2c([C@@H]3CC(=O)N(c4cccc(C)c4)C3)nc3ccccc32)c1. The van der Waals surface area contributed by atoms with Crippen LogP contribution in [0.15, 0.2) is 66.7 Å². The molecule has 0 aliphatic carbocycles. The normalized spacial score (nSPS) is 16.7. The molecule has 1 aromatic heterocycles. The number of aliphatic hydroxyl groups excluding tert-OH is 1. The number of imidazole rings is 1. The first kappa shape index (κ1) is 23.1. The second-order valence-electron chi connectivity index (χ2n) is 9.60. The maximum atomic E-state index is 13.0. The van der Waals surface area contributed by atoms with E-state index in [9.17, 15) is 9.90 Å². The smallest absolute Gasteiger partial charge is 0.227 e. The Morgan fingerprint density at radius 3 is 2.54 bits per heavy atom. The van der Waals surface area contributed by atoms with Crippen molar-refractivity contribution in [1.82, 2.24) is 9.55 Å². The second kappa shape index (κ2) is 9.55. The van der Waals surface area contributed by atoms with Crippen molar-refractivity contribution in [2.45, 2.75) is 45.8 Å². The summed E-state index contributed by atoms with van der Waals surface area (Å²) >= 11 is 0. The van der Waals surface area contributed by atoms with Gasteiger partial charge in [0.25, 0.3) is 0 Å². The fraction of sp³-hybridized carbons (Fsp3) is 0.310. The maximum Gasteiger partial charge on any atom is 0.227 e. The van der Waals surface area contributed by atoms with Gasteiger partial charge in [0, 0.05) is 24.6 Å². The van der Waals surface area contributed by atoms with Crippen LogP contribution in [0.2, 0.25) is 0 Å². The molecule has 6 heteroatoms. The molecule has 1 saturated heterocycles. The van der Waals surface area contributed by atoms with Gasteiger partial charge in [0.05, 0.1) is 17.6 Å². The van der Waals surface area contributed by atoms with Crippen LogP contribution < -0.4 is 9.64 Å². The minimum atomic E-state index is -0.725. The first-order chi connectivity index (χ1) is 16.9. The van der Waals surface area contributed by atoms with Crippen LogP contribution in [0.3, 0.4) is 0 Å². The van der Waals surface area contributed by atoms with E-state index in [4.69, 9.17) is 9.72 Å². The van der Waals surface area contributed by atoms with Crippen molar-refractivity contribution in [2.75, 3.05) is 18.1 Å². The molecule has 5 rings (SSSR count). The highest BCUT2D eigenvalue weighted by atomic mass is 16.5. The number of aliphatic hydroxyl groups is 1. The van der Waals surface area contributed by atoms with Gasteiger partial charge in [-0.2, -0.15) is 0 Å². The van der Waals surface area contributed by atoms with Crippen molar-refractivity contribution in [2.24, 2.45) is 0 Å². The molecule has 0 saturated carbocycles. The van der Waals surface area contributed by atoms with E-state index < -0.39 is 6.10 Å². The zero-order valence-corrected chi connectivity index (χ0v) is 20.4. The summed E-state index contributed by atoms with van der Waals surface area (Å²) in [4.78, 5) is 19.7. The van der Waals surface area contributed by atoms with Crippen LogP contribution in [0.5, 0.6) is 5.75 Å². The summed E-state index contributed by atoms with van der Waals surface area (Å²) in [5.41, 5.74) is 6.11. The van der Waals surface area contributed by atoms with E-state index in [2.05, 4.69) is 10.6 Å². The monoisotopic (exact) mass is 469 g/mol. The number of rotatable bonds is 7. The molecule has 3 aromatic carbocycles. The van der Waals surface area contributed by atoms with Gasteiger partial charge in [0.1, 0.15) is 24.3 Å². The van der Waals surface area contributed by atoms with Crippen LogP contribution in [0, 0.1) is 20.8 Å². The molecule has 1 aliphatic rings. The van der Waals surface area contributed by atoms with Gasteiger partial charge in [0.2, 0.25) is 5.91 Å². The molecule has 1 aliphatic heterocycles. The molecule has 2 atom stereocenters. The molecule has 1 fully saturated rings. The highest BCUT2D eigenvalue weighted by Crippen LogP contribution is 2.33. The molecule has 0 bridgehead atoms. The van der Waals surface area contributed by atoms with Crippen LogP contribution in [0.25, 0.3) is 11.0 Å². The number of ether oxygens (including phenoxy) is 1. The van der Waals surface area contributed by atoms with Crippen molar-refractivity contribution in [1.29, 1.82) is 0 Å². The molecule has 1 amide bonds. The number of carbonyl (C=O) groups excluding carboxylic acids is 1. The van der Waals surface area contributed by atoms with Crippen molar-refractivity contribution in [3.05, 3.63) is 89.2 Å². The summed E-state index contributed by atoms with van der Waals surface area (Å²) in [7, 11) is 0. The Balaban J connectivity index is 1.38. The third-order valence-corrected chi connectivity index (χ3v) is 6.52. The van der Waals surface area contributed by atoms with E-state index in [1.165, 1.54) is 0 Å². The van der Waals surface area contributed by atoms with Crippen molar-refractivity contribution >= 4 is 22.6 Å². The first-order valence-electron chi connectivity index (χ1n) is 12.1. The Labute approximate surface area is 205 Å². The number of benzene rings is 3. The lowest BCUT2D eigenvalue weighted by Crippen LogP contribution is -2.26. The molecular weight excluding hydrogens is 438 g/mol. The topological polar surface area (TPSA) is 67.6 Å². The van der Waals surface area contributed by atoms with E-state index in [1.54, 1.807) is 0 Å². The summed E-state index contributed by atoms with van der Waals surface area (Å²) in [5, 5.41) is 10.9. The average molecular weight is 470 g/mol. The van der Waals surface area contributed by atoms with Crippen LogP contribution in [0.1, 0.15) is 34.9 Å². The summed E-state index contributed by atoms with van der Waals surface area (Å²) in [5.74, 6) is 1.63. The lowest BCUT2D eigenvalue weighted by atomic mass is 10.1. The predicted molar refractivity (Wildman–Crippen MR) is 138 cm³/mol. The lowest BCUT2D eigenvalue weighted by Gasteiger charge is -2.19. The van der Waals surface area contributed by atoms with Crippen LogP contribution in [-0.4, -0.2) is 39.8 Å². The minimum absolute atomic E-state index is 0.0528. The quantitative estimate of drug-likeness (QED) is 0.417. The van der Waals surface area contributed by atoms with Crippen LogP contribution >= 0.6 is 0 Å². The van der Waals surface area contributed by atoms with Gasteiger partial charge in [0.15, 0.2) is 0 Å². The zero-order valence-electron chi connectivity index (χ0n) is 20.4. The number of fused-ring (bicyclic) bond motifs is 1. The lowest BCUT2D eigenvalue weighted by molar-refractivity contribution is -0.117. The largest absolute Gasteiger partial charge is 0.491 e. The number of hydrogen-bond donors (Lipinski definition) is 1. The predicted octanol–water partition coefficient (Wildman–Crippen LogP) is 4.92.